The molecule has 0 nitrogen and oxygen atoms in total. The van der Waals surface area contributed by atoms with Crippen LogP contribution in [0.5, 0.6) is 0 Å². The van der Waals surface area contributed by atoms with Gasteiger partial charge in [0.15, 0.2) is 0 Å². The largest absolute Gasteiger partial charge is 0.135 e. The van der Waals surface area contributed by atoms with Gasteiger partial charge in [0, 0.05) is 0 Å². The molecule has 0 aromatic rings. The SMILES string of the molecule is C=CSCC[Si](CCC)(CCC)CCC. The number of rotatable bonds is 10. The van der Waals surface area contributed by atoms with E-state index >= 15 is 0 Å². The van der Waals surface area contributed by atoms with Crippen LogP contribution in [0.1, 0.15) is 40.0 Å². The van der Waals surface area contributed by atoms with Crippen LogP contribution in [0.25, 0.3) is 0 Å². The van der Waals surface area contributed by atoms with Gasteiger partial charge < -0.3 is 0 Å². The lowest BCUT2D eigenvalue weighted by Gasteiger charge is -2.31. The zero-order valence-electron chi connectivity index (χ0n) is 10.8. The molecular formula is C13H28SSi. The monoisotopic (exact) mass is 244 g/mol. The third-order valence-electron chi connectivity index (χ3n) is 3.21. The van der Waals surface area contributed by atoms with E-state index in [4.69, 9.17) is 0 Å². The van der Waals surface area contributed by atoms with Gasteiger partial charge in [0.1, 0.15) is 0 Å². The summed E-state index contributed by atoms with van der Waals surface area (Å²) < 4.78 is 0. The Labute approximate surface area is 102 Å². The molecule has 0 radical (unpaired) electrons. The standard InChI is InChI=1S/C13H28SSi/c1-5-10-15(11-6-2,12-7-3)13-9-14-8-4/h8H,4-7,9-13H2,1-3H3. The van der Waals surface area contributed by atoms with E-state index in [1.807, 2.05) is 17.2 Å². The fourth-order valence-corrected chi connectivity index (χ4v) is 9.75. The lowest BCUT2D eigenvalue weighted by atomic mass is 10.5. The minimum Gasteiger partial charge on any atom is -0.135 e. The fraction of sp³-hybridized carbons (Fsp3) is 0.846. The summed E-state index contributed by atoms with van der Waals surface area (Å²) in [7, 11) is -0.901. The molecule has 0 aromatic heterocycles. The molecule has 0 aromatic carbocycles. The molecule has 0 saturated heterocycles. The molecule has 0 aliphatic rings. The van der Waals surface area contributed by atoms with Gasteiger partial charge in [-0.2, -0.15) is 0 Å². The molecule has 0 heterocycles. The number of hydrogen-bond donors (Lipinski definition) is 0. The van der Waals surface area contributed by atoms with E-state index in [1.54, 1.807) is 18.1 Å². The van der Waals surface area contributed by atoms with E-state index in [-0.39, 0.29) is 0 Å². The van der Waals surface area contributed by atoms with Gasteiger partial charge in [-0.25, -0.2) is 0 Å². The van der Waals surface area contributed by atoms with Crippen LogP contribution in [0.15, 0.2) is 12.0 Å². The zero-order valence-corrected chi connectivity index (χ0v) is 12.7. The molecule has 15 heavy (non-hydrogen) atoms. The second-order valence-electron chi connectivity index (χ2n) is 4.54. The molecule has 90 valence electrons. The highest BCUT2D eigenvalue weighted by Gasteiger charge is 2.28. The van der Waals surface area contributed by atoms with Crippen molar-refractivity contribution in [2.75, 3.05) is 5.75 Å². The lowest BCUT2D eigenvalue weighted by molar-refractivity contribution is 0.910. The zero-order chi connectivity index (χ0) is 11.6. The van der Waals surface area contributed by atoms with Crippen molar-refractivity contribution in [3.05, 3.63) is 12.0 Å². The molecule has 0 amide bonds. The average Bonchev–Trinajstić information content (AvgIpc) is 2.19. The van der Waals surface area contributed by atoms with Crippen molar-refractivity contribution < 1.29 is 0 Å². The molecule has 0 saturated carbocycles. The first-order chi connectivity index (χ1) is 7.24. The van der Waals surface area contributed by atoms with Crippen LogP contribution >= 0.6 is 11.8 Å². The van der Waals surface area contributed by atoms with Crippen LogP contribution in [-0.4, -0.2) is 13.8 Å². The van der Waals surface area contributed by atoms with E-state index in [0.29, 0.717) is 0 Å². The molecule has 0 aliphatic carbocycles. The summed E-state index contributed by atoms with van der Waals surface area (Å²) >= 11 is 1.91. The molecule has 0 bridgehead atoms. The summed E-state index contributed by atoms with van der Waals surface area (Å²) in [5.41, 5.74) is 0. The van der Waals surface area contributed by atoms with Crippen LogP contribution in [0.4, 0.5) is 0 Å². The Morgan fingerprint density at radius 1 is 0.933 bits per heavy atom. The first-order valence-corrected chi connectivity index (χ1v) is 10.3. The van der Waals surface area contributed by atoms with Crippen LogP contribution in [0.3, 0.4) is 0 Å². The third kappa shape index (κ3) is 6.47. The van der Waals surface area contributed by atoms with Crippen molar-refractivity contribution in [1.29, 1.82) is 0 Å². The molecule has 0 rings (SSSR count). The predicted molar refractivity (Wildman–Crippen MR) is 78.5 cm³/mol. The molecule has 0 fully saturated rings. The van der Waals surface area contributed by atoms with E-state index < -0.39 is 8.07 Å². The van der Waals surface area contributed by atoms with Crippen molar-refractivity contribution >= 4 is 19.8 Å². The van der Waals surface area contributed by atoms with Crippen molar-refractivity contribution in [1.82, 2.24) is 0 Å². The smallest absolute Gasteiger partial charge is 0.0543 e. The van der Waals surface area contributed by atoms with Gasteiger partial charge in [0.2, 0.25) is 0 Å². The maximum atomic E-state index is 3.80. The average molecular weight is 245 g/mol. The van der Waals surface area contributed by atoms with Gasteiger partial charge in [-0.1, -0.05) is 64.7 Å². The molecule has 0 spiro atoms. The van der Waals surface area contributed by atoms with Crippen LogP contribution in [0.2, 0.25) is 24.2 Å². The molecule has 0 N–H and O–H groups in total. The molecular weight excluding hydrogens is 216 g/mol. The van der Waals surface area contributed by atoms with Crippen LogP contribution in [-0.2, 0) is 0 Å². The molecule has 0 aliphatic heterocycles. The van der Waals surface area contributed by atoms with E-state index in [0.717, 1.165) is 0 Å². The minimum atomic E-state index is -0.901. The Hall–Kier alpha value is 0.307. The maximum Gasteiger partial charge on any atom is 0.0543 e. The summed E-state index contributed by atoms with van der Waals surface area (Å²) in [6, 6.07) is 6.16. The van der Waals surface area contributed by atoms with Gasteiger partial charge in [-0.15, -0.1) is 11.8 Å². The van der Waals surface area contributed by atoms with Gasteiger partial charge in [-0.05, 0) is 17.2 Å². The highest BCUT2D eigenvalue weighted by atomic mass is 32.2. The summed E-state index contributed by atoms with van der Waals surface area (Å²) in [4.78, 5) is 0. The quantitative estimate of drug-likeness (QED) is 0.359. The van der Waals surface area contributed by atoms with Crippen molar-refractivity contribution in [2.24, 2.45) is 0 Å². The third-order valence-corrected chi connectivity index (χ3v) is 10.2. The van der Waals surface area contributed by atoms with Gasteiger partial charge in [0.25, 0.3) is 0 Å². The van der Waals surface area contributed by atoms with Crippen LogP contribution in [0, 0.1) is 0 Å². The normalized spacial score (nSPS) is 11.7. The lowest BCUT2D eigenvalue weighted by Crippen LogP contribution is -2.33. The number of hydrogen-bond acceptors (Lipinski definition) is 1. The molecule has 2 heteroatoms. The first kappa shape index (κ1) is 15.3. The van der Waals surface area contributed by atoms with Crippen molar-refractivity contribution in [3.8, 4) is 0 Å². The predicted octanol–water partition coefficient (Wildman–Crippen LogP) is 5.54. The van der Waals surface area contributed by atoms with Crippen molar-refractivity contribution in [3.63, 3.8) is 0 Å². The van der Waals surface area contributed by atoms with Crippen LogP contribution < -0.4 is 0 Å². The van der Waals surface area contributed by atoms with E-state index in [9.17, 15) is 0 Å². The summed E-state index contributed by atoms with van der Waals surface area (Å²) in [6.07, 6.45) is 4.18. The Morgan fingerprint density at radius 3 is 1.73 bits per heavy atom. The Balaban J connectivity index is 4.24. The summed E-state index contributed by atoms with van der Waals surface area (Å²) in [6.45, 7) is 10.9. The Bertz CT molecular complexity index is 140. The Morgan fingerprint density at radius 2 is 1.40 bits per heavy atom. The van der Waals surface area contributed by atoms with Gasteiger partial charge >= 0.3 is 0 Å². The van der Waals surface area contributed by atoms with E-state index in [1.165, 1.54) is 31.1 Å². The van der Waals surface area contributed by atoms with Gasteiger partial charge in [0.05, 0.1) is 8.07 Å². The summed E-state index contributed by atoms with van der Waals surface area (Å²) in [5, 5.41) is 2.00. The molecule has 0 atom stereocenters. The summed E-state index contributed by atoms with van der Waals surface area (Å²) in [5.74, 6) is 1.32. The topological polar surface area (TPSA) is 0 Å². The second-order valence-corrected chi connectivity index (χ2v) is 10.6. The first-order valence-electron chi connectivity index (χ1n) is 6.47. The van der Waals surface area contributed by atoms with Crippen molar-refractivity contribution in [2.45, 2.75) is 64.2 Å². The van der Waals surface area contributed by atoms with Gasteiger partial charge in [-0.3, -0.25) is 0 Å². The second kappa shape index (κ2) is 9.53. The molecule has 0 unspecified atom stereocenters. The van der Waals surface area contributed by atoms with E-state index in [2.05, 4.69) is 27.4 Å². The highest BCUT2D eigenvalue weighted by Crippen LogP contribution is 2.31. The fourth-order valence-electron chi connectivity index (χ4n) is 2.70. The number of thioether (sulfide) groups is 1. The highest BCUT2D eigenvalue weighted by molar-refractivity contribution is 8.02. The maximum absolute atomic E-state index is 3.80. The minimum absolute atomic E-state index is 0.901. The Kier molecular flexibility index (Phi) is 9.72.